The molecule has 0 radical (unpaired) electrons. The van der Waals surface area contributed by atoms with E-state index in [9.17, 15) is 4.79 Å². The number of nitrogens with zero attached hydrogens (tertiary/aromatic N) is 1. The first-order chi connectivity index (χ1) is 13.6. The van der Waals surface area contributed by atoms with E-state index in [1.165, 1.54) is 0 Å². The molecule has 28 heavy (non-hydrogen) atoms. The van der Waals surface area contributed by atoms with Gasteiger partial charge in [-0.1, -0.05) is 44.2 Å². The van der Waals surface area contributed by atoms with Gasteiger partial charge in [0, 0.05) is 11.9 Å². The largest absolute Gasteiger partial charge is 0.492 e. The van der Waals surface area contributed by atoms with Crippen molar-refractivity contribution in [2.45, 2.75) is 26.7 Å². The van der Waals surface area contributed by atoms with Crippen molar-refractivity contribution in [1.82, 2.24) is 4.98 Å². The Morgan fingerprint density at radius 2 is 1.75 bits per heavy atom. The zero-order valence-electron chi connectivity index (χ0n) is 16.4. The molecule has 1 aromatic heterocycles. The lowest BCUT2D eigenvalue weighted by Crippen LogP contribution is -2.14. The quantitative estimate of drug-likeness (QED) is 0.564. The van der Waals surface area contributed by atoms with E-state index in [2.05, 4.69) is 29.5 Å². The lowest BCUT2D eigenvalue weighted by molar-refractivity contribution is 0.102. The van der Waals surface area contributed by atoms with Crippen LogP contribution in [0.2, 0.25) is 0 Å². The molecule has 0 atom stereocenters. The Kier molecular flexibility index (Phi) is 6.27. The summed E-state index contributed by atoms with van der Waals surface area (Å²) in [4.78, 5) is 17.0. The Balaban J connectivity index is 1.79. The van der Waals surface area contributed by atoms with Crippen molar-refractivity contribution in [2.24, 2.45) is 0 Å². The van der Waals surface area contributed by atoms with Gasteiger partial charge in [0.05, 0.1) is 29.7 Å². The Labute approximate surface area is 165 Å². The monoisotopic (exact) mass is 375 g/mol. The molecule has 2 N–H and O–H groups in total. The van der Waals surface area contributed by atoms with Crippen LogP contribution in [-0.2, 0) is 0 Å². The number of aromatic nitrogens is 1. The molecule has 0 saturated heterocycles. The molecular formula is C23H25N3O2. The van der Waals surface area contributed by atoms with Crippen LogP contribution >= 0.6 is 0 Å². The van der Waals surface area contributed by atoms with Crippen molar-refractivity contribution in [1.29, 1.82) is 0 Å². The van der Waals surface area contributed by atoms with E-state index >= 15 is 0 Å². The summed E-state index contributed by atoms with van der Waals surface area (Å²) in [5, 5.41) is 6.28. The Morgan fingerprint density at radius 1 is 1.04 bits per heavy atom. The second kappa shape index (κ2) is 9.04. The van der Waals surface area contributed by atoms with E-state index in [-0.39, 0.29) is 5.91 Å². The molecule has 3 aromatic rings. The van der Waals surface area contributed by atoms with E-state index in [0.29, 0.717) is 18.1 Å². The highest BCUT2D eigenvalue weighted by Gasteiger charge is 2.12. The van der Waals surface area contributed by atoms with Crippen molar-refractivity contribution in [3.05, 3.63) is 78.1 Å². The predicted octanol–water partition coefficient (Wildman–Crippen LogP) is 5.60. The average Bonchev–Trinajstić information content (AvgIpc) is 2.70. The second-order valence-electron chi connectivity index (χ2n) is 6.71. The highest BCUT2D eigenvalue weighted by Crippen LogP contribution is 2.28. The van der Waals surface area contributed by atoms with Gasteiger partial charge in [0.15, 0.2) is 0 Å². The van der Waals surface area contributed by atoms with Gasteiger partial charge in [-0.25, -0.2) is 0 Å². The topological polar surface area (TPSA) is 63.2 Å². The minimum Gasteiger partial charge on any atom is -0.492 e. The molecule has 3 rings (SSSR count). The summed E-state index contributed by atoms with van der Waals surface area (Å²) < 4.78 is 5.64. The summed E-state index contributed by atoms with van der Waals surface area (Å²) in [5.41, 5.74) is 3.95. The number of nitrogens with one attached hydrogen (secondary N) is 2. The van der Waals surface area contributed by atoms with Gasteiger partial charge < -0.3 is 15.4 Å². The molecule has 0 fully saturated rings. The number of anilines is 3. The van der Waals surface area contributed by atoms with Crippen molar-refractivity contribution in [2.75, 3.05) is 17.2 Å². The molecule has 0 aliphatic rings. The van der Waals surface area contributed by atoms with Crippen LogP contribution in [0.25, 0.3) is 0 Å². The highest BCUT2D eigenvalue weighted by molar-refractivity contribution is 6.05. The average molecular weight is 375 g/mol. The van der Waals surface area contributed by atoms with Gasteiger partial charge in [-0.3, -0.25) is 9.78 Å². The third kappa shape index (κ3) is 4.68. The van der Waals surface area contributed by atoms with Crippen molar-refractivity contribution >= 4 is 23.0 Å². The first-order valence-electron chi connectivity index (χ1n) is 9.42. The second-order valence-corrected chi connectivity index (χ2v) is 6.71. The maximum Gasteiger partial charge on any atom is 0.257 e. The van der Waals surface area contributed by atoms with E-state index in [0.717, 1.165) is 28.4 Å². The van der Waals surface area contributed by atoms with Gasteiger partial charge in [0.1, 0.15) is 5.75 Å². The third-order valence-electron chi connectivity index (χ3n) is 4.30. The van der Waals surface area contributed by atoms with E-state index in [1.54, 1.807) is 18.5 Å². The normalized spacial score (nSPS) is 10.6. The molecule has 5 heteroatoms. The zero-order chi connectivity index (χ0) is 19.9. The molecule has 0 spiro atoms. The molecule has 0 aliphatic carbocycles. The summed E-state index contributed by atoms with van der Waals surface area (Å²) in [7, 11) is 0. The number of benzene rings is 2. The van der Waals surface area contributed by atoms with Gasteiger partial charge in [0.2, 0.25) is 0 Å². The summed E-state index contributed by atoms with van der Waals surface area (Å²) in [5.74, 6) is 0.880. The summed E-state index contributed by atoms with van der Waals surface area (Å²) in [6.45, 7) is 6.73. The SMILES string of the molecule is CCOc1ccccc1Nc1cncc(C(=O)Nc2ccccc2C(C)C)c1. The van der Waals surface area contributed by atoms with Crippen LogP contribution in [0, 0.1) is 0 Å². The predicted molar refractivity (Wildman–Crippen MR) is 114 cm³/mol. The first kappa shape index (κ1) is 19.4. The minimum absolute atomic E-state index is 0.192. The smallest absolute Gasteiger partial charge is 0.257 e. The molecule has 0 unspecified atom stereocenters. The number of ether oxygens (including phenoxy) is 1. The zero-order valence-corrected chi connectivity index (χ0v) is 16.4. The lowest BCUT2D eigenvalue weighted by atomic mass is 10.0. The van der Waals surface area contributed by atoms with E-state index < -0.39 is 0 Å². The van der Waals surface area contributed by atoms with Crippen molar-refractivity contribution in [3.8, 4) is 5.75 Å². The summed E-state index contributed by atoms with van der Waals surface area (Å²) in [6, 6.07) is 17.3. The minimum atomic E-state index is -0.192. The summed E-state index contributed by atoms with van der Waals surface area (Å²) >= 11 is 0. The Morgan fingerprint density at radius 3 is 2.50 bits per heavy atom. The Hall–Kier alpha value is -3.34. The molecule has 144 valence electrons. The molecule has 1 amide bonds. The van der Waals surface area contributed by atoms with Gasteiger partial charge in [0.25, 0.3) is 5.91 Å². The molecule has 2 aromatic carbocycles. The van der Waals surface area contributed by atoms with Crippen LogP contribution in [0.15, 0.2) is 67.0 Å². The number of carbonyl (C=O) groups excluding carboxylic acids is 1. The lowest BCUT2D eigenvalue weighted by Gasteiger charge is -2.14. The van der Waals surface area contributed by atoms with Crippen LogP contribution in [0.3, 0.4) is 0 Å². The van der Waals surface area contributed by atoms with Gasteiger partial charge in [-0.2, -0.15) is 0 Å². The number of amides is 1. The van der Waals surface area contributed by atoms with E-state index in [4.69, 9.17) is 4.74 Å². The molecule has 0 saturated carbocycles. The van der Waals surface area contributed by atoms with Crippen LogP contribution in [0.5, 0.6) is 5.75 Å². The molecular weight excluding hydrogens is 350 g/mol. The highest BCUT2D eigenvalue weighted by atomic mass is 16.5. The Bertz CT molecular complexity index is 954. The fourth-order valence-corrected chi connectivity index (χ4v) is 2.95. The van der Waals surface area contributed by atoms with Crippen LogP contribution in [0.4, 0.5) is 17.1 Å². The fraction of sp³-hybridized carbons (Fsp3) is 0.217. The number of hydrogen-bond donors (Lipinski definition) is 2. The number of hydrogen-bond acceptors (Lipinski definition) is 4. The third-order valence-corrected chi connectivity index (χ3v) is 4.30. The van der Waals surface area contributed by atoms with Crippen LogP contribution in [0.1, 0.15) is 42.6 Å². The fourth-order valence-electron chi connectivity index (χ4n) is 2.95. The van der Waals surface area contributed by atoms with Gasteiger partial charge >= 0.3 is 0 Å². The van der Waals surface area contributed by atoms with Crippen molar-refractivity contribution in [3.63, 3.8) is 0 Å². The van der Waals surface area contributed by atoms with Crippen LogP contribution in [-0.4, -0.2) is 17.5 Å². The maximum atomic E-state index is 12.8. The standard InChI is InChI=1S/C23H25N3O2/c1-4-28-22-12-8-7-11-21(22)25-18-13-17(14-24-15-18)23(27)26-20-10-6-5-9-19(20)16(2)3/h5-16,25H,4H2,1-3H3,(H,26,27). The number of para-hydroxylation sites is 3. The molecule has 0 bridgehead atoms. The number of carbonyl (C=O) groups is 1. The number of pyridine rings is 1. The van der Waals surface area contributed by atoms with E-state index in [1.807, 2.05) is 55.5 Å². The number of rotatable bonds is 7. The van der Waals surface area contributed by atoms with Crippen LogP contribution < -0.4 is 15.4 Å². The maximum absolute atomic E-state index is 12.8. The summed E-state index contributed by atoms with van der Waals surface area (Å²) in [6.07, 6.45) is 3.24. The van der Waals surface area contributed by atoms with Crippen molar-refractivity contribution < 1.29 is 9.53 Å². The molecule has 0 aliphatic heterocycles. The van der Waals surface area contributed by atoms with Gasteiger partial charge in [-0.15, -0.1) is 0 Å². The molecule has 1 heterocycles. The first-order valence-corrected chi connectivity index (χ1v) is 9.42. The van der Waals surface area contributed by atoms with Gasteiger partial charge in [-0.05, 0) is 42.7 Å². The molecule has 5 nitrogen and oxygen atoms in total.